The standard InChI is InChI=1S/C32H51N3O7Si/c1-11-22(2)19-24(34-30(40)41-31(3,4)5)20-23-14-15-26(42-43(9,10)32(6,7)8)25(21-23)35-28(37)13-12-18-33-27(36)16-17-29(38)39/h14-15,21-22,24H,11-13,18-20H2,1-10H3,(H,33,36)(H,34,40)(H,35,37)(H,38,39)/t22?,24-/m1/s1. The van der Waals surface area contributed by atoms with Crippen molar-refractivity contribution in [2.45, 2.75) is 117 Å². The summed E-state index contributed by atoms with van der Waals surface area (Å²) >= 11 is 0. The van der Waals surface area contributed by atoms with E-state index in [1.165, 1.54) is 0 Å². The summed E-state index contributed by atoms with van der Waals surface area (Å²) in [5, 5.41) is 17.0. The first-order valence-electron chi connectivity index (χ1n) is 14.9. The van der Waals surface area contributed by atoms with E-state index in [-0.39, 0.29) is 30.0 Å². The summed E-state index contributed by atoms with van der Waals surface area (Å²) in [5.41, 5.74) is 0.856. The van der Waals surface area contributed by atoms with Crippen LogP contribution in [0.4, 0.5) is 10.5 Å². The second kappa shape index (κ2) is 16.4. The molecule has 4 N–H and O–H groups in total. The molecule has 0 aliphatic rings. The van der Waals surface area contributed by atoms with Crippen LogP contribution in [-0.4, -0.2) is 55.5 Å². The van der Waals surface area contributed by atoms with E-state index in [0.717, 1.165) is 18.4 Å². The minimum Gasteiger partial charge on any atom is -0.542 e. The predicted octanol–water partition coefficient (Wildman–Crippen LogP) is 5.87. The molecular weight excluding hydrogens is 566 g/mol. The number of alkyl carbamates (subject to hydrolysis) is 1. The fraction of sp³-hybridized carbons (Fsp3) is 0.625. The smallest absolute Gasteiger partial charge is 0.407 e. The van der Waals surface area contributed by atoms with Gasteiger partial charge < -0.3 is 30.2 Å². The van der Waals surface area contributed by atoms with Gasteiger partial charge in [0.15, 0.2) is 0 Å². The van der Waals surface area contributed by atoms with Crippen molar-refractivity contribution >= 4 is 37.9 Å². The molecule has 11 heteroatoms. The Labute approximate surface area is 258 Å². The van der Waals surface area contributed by atoms with Gasteiger partial charge in [0.1, 0.15) is 11.4 Å². The van der Waals surface area contributed by atoms with Crippen LogP contribution in [0.1, 0.15) is 86.6 Å². The van der Waals surface area contributed by atoms with E-state index in [1.54, 1.807) is 5.92 Å². The van der Waals surface area contributed by atoms with Crippen molar-refractivity contribution in [1.82, 2.24) is 10.6 Å². The van der Waals surface area contributed by atoms with Crippen molar-refractivity contribution in [1.29, 1.82) is 0 Å². The van der Waals surface area contributed by atoms with Crippen LogP contribution in [-0.2, 0) is 25.5 Å². The summed E-state index contributed by atoms with van der Waals surface area (Å²) in [6.07, 6.45) is 2.26. The summed E-state index contributed by atoms with van der Waals surface area (Å²) in [6, 6.07) is 5.56. The lowest BCUT2D eigenvalue weighted by Crippen LogP contribution is -2.44. The monoisotopic (exact) mass is 617 g/mol. The van der Waals surface area contributed by atoms with E-state index in [1.807, 2.05) is 44.9 Å². The van der Waals surface area contributed by atoms with Crippen molar-refractivity contribution in [2.24, 2.45) is 5.92 Å². The molecule has 10 nitrogen and oxygen atoms in total. The number of nitrogens with one attached hydrogen (secondary N) is 3. The molecule has 0 bridgehead atoms. The first kappa shape index (κ1) is 37.5. The third-order valence-electron chi connectivity index (χ3n) is 7.23. The summed E-state index contributed by atoms with van der Waals surface area (Å²) in [4.78, 5) is 47.6. The van der Waals surface area contributed by atoms with Crippen LogP contribution >= 0.6 is 0 Å². The largest absolute Gasteiger partial charge is 0.542 e. The van der Waals surface area contributed by atoms with Gasteiger partial charge in [0.25, 0.3) is 14.2 Å². The van der Waals surface area contributed by atoms with Gasteiger partial charge in [-0.25, -0.2) is 9.59 Å². The van der Waals surface area contributed by atoms with Crippen LogP contribution in [0.3, 0.4) is 0 Å². The molecule has 2 atom stereocenters. The molecule has 0 aromatic heterocycles. The molecule has 0 saturated heterocycles. The molecule has 240 valence electrons. The number of aliphatic carboxylic acids is 1. The van der Waals surface area contributed by atoms with Gasteiger partial charge in [0.05, 0.1) is 5.69 Å². The fourth-order valence-corrected chi connectivity index (χ4v) is 4.78. The average molecular weight is 618 g/mol. The Morgan fingerprint density at radius 2 is 1.70 bits per heavy atom. The van der Waals surface area contributed by atoms with Gasteiger partial charge in [-0.3, -0.25) is 9.59 Å². The third-order valence-corrected chi connectivity index (χ3v) is 11.6. The number of carbonyl (C=O) groups is 4. The molecule has 43 heavy (non-hydrogen) atoms. The normalized spacial score (nSPS) is 13.1. The van der Waals surface area contributed by atoms with E-state index in [9.17, 15) is 19.2 Å². The number of ether oxygens (including phenoxy) is 1. The molecule has 0 aliphatic carbocycles. The number of anilines is 1. The van der Waals surface area contributed by atoms with Crippen LogP contribution in [0.25, 0.3) is 0 Å². The van der Waals surface area contributed by atoms with Crippen molar-refractivity contribution in [3.05, 3.63) is 23.8 Å². The maximum atomic E-state index is 12.9. The number of amides is 3. The summed E-state index contributed by atoms with van der Waals surface area (Å²) < 4.78 is 12.1. The van der Waals surface area contributed by atoms with Gasteiger partial charge in [-0.15, -0.1) is 0 Å². The second-order valence-corrected chi connectivity index (χ2v) is 18.2. The third kappa shape index (κ3) is 15.0. The molecule has 0 saturated carbocycles. The topological polar surface area (TPSA) is 143 Å². The predicted molar refractivity (Wildman–Crippen MR) is 171 cm³/mol. The van der Waals surface area contributed by atoms with E-state index in [0.29, 0.717) is 30.2 Å². The zero-order valence-electron chi connectivity index (χ0n) is 27.5. The van der Waals surface area contributed by atoms with Crippen LogP contribution in [0, 0.1) is 17.8 Å². The maximum absolute atomic E-state index is 12.9. The molecule has 0 heterocycles. The van der Waals surface area contributed by atoms with Gasteiger partial charge in [0.2, 0.25) is 5.91 Å². The lowest BCUT2D eigenvalue weighted by molar-refractivity contribution is -0.130. The molecule has 3 amide bonds. The molecule has 1 unspecified atom stereocenters. The van der Waals surface area contributed by atoms with Gasteiger partial charge in [0, 0.05) is 30.8 Å². The molecule has 0 fully saturated rings. The Kier molecular flexibility index (Phi) is 14.3. The summed E-state index contributed by atoms with van der Waals surface area (Å²) in [7, 11) is -2.24. The molecule has 1 aromatic carbocycles. The van der Waals surface area contributed by atoms with Crippen LogP contribution in [0.15, 0.2) is 18.2 Å². The average Bonchev–Trinajstić information content (AvgIpc) is 2.84. The van der Waals surface area contributed by atoms with Crippen LogP contribution in [0.5, 0.6) is 5.75 Å². The zero-order chi connectivity index (χ0) is 33.0. The Balaban J connectivity index is 3.17. The maximum Gasteiger partial charge on any atom is 0.407 e. The highest BCUT2D eigenvalue weighted by Crippen LogP contribution is 2.39. The van der Waals surface area contributed by atoms with E-state index >= 15 is 0 Å². The molecule has 1 rings (SSSR count). The number of carboxylic acid groups (broad SMARTS) is 1. The molecule has 1 aromatic rings. The Bertz CT molecular complexity index is 1190. The molecule has 0 aliphatic heterocycles. The van der Waals surface area contributed by atoms with Crippen molar-refractivity contribution in [3.63, 3.8) is 0 Å². The highest BCUT2D eigenvalue weighted by molar-refractivity contribution is 6.74. The zero-order valence-corrected chi connectivity index (χ0v) is 28.5. The number of hydrogen-bond donors (Lipinski definition) is 4. The fourth-order valence-electron chi connectivity index (χ4n) is 3.74. The molecular formula is C32H51N3O7Si. The van der Waals surface area contributed by atoms with E-state index in [2.05, 4.69) is 63.7 Å². The SMILES string of the molecule is CCC(C)C[C@H](Cc1ccc(O[Si](C)(C)C(C)(C)C)c(NC(=O)CCCNC(=O)C#CC(=O)O)c1)NC(=O)OC(C)(C)C. The highest BCUT2D eigenvalue weighted by atomic mass is 28.4. The van der Waals surface area contributed by atoms with Crippen LogP contribution in [0.2, 0.25) is 18.1 Å². The number of rotatable bonds is 13. The van der Waals surface area contributed by atoms with Gasteiger partial charge in [-0.1, -0.05) is 47.1 Å². The lowest BCUT2D eigenvalue weighted by Gasteiger charge is -2.37. The van der Waals surface area contributed by atoms with Gasteiger partial charge in [-0.2, -0.15) is 0 Å². The van der Waals surface area contributed by atoms with Crippen molar-refractivity contribution in [2.75, 3.05) is 11.9 Å². The van der Waals surface area contributed by atoms with Gasteiger partial charge >= 0.3 is 12.1 Å². The van der Waals surface area contributed by atoms with E-state index in [4.69, 9.17) is 14.3 Å². The van der Waals surface area contributed by atoms with E-state index < -0.39 is 31.9 Å². The molecule has 0 radical (unpaired) electrons. The Morgan fingerprint density at radius 1 is 1.05 bits per heavy atom. The number of carboxylic acids is 1. The minimum atomic E-state index is -2.24. The van der Waals surface area contributed by atoms with Crippen molar-refractivity contribution in [3.8, 4) is 17.6 Å². The number of benzene rings is 1. The van der Waals surface area contributed by atoms with Crippen LogP contribution < -0.4 is 20.4 Å². The second-order valence-electron chi connectivity index (χ2n) is 13.5. The first-order valence-corrected chi connectivity index (χ1v) is 17.8. The minimum absolute atomic E-state index is 0.0621. The first-order chi connectivity index (χ1) is 19.7. The Hall–Kier alpha value is -3.52. The molecule has 0 spiro atoms. The quantitative estimate of drug-likeness (QED) is 0.123. The number of hydrogen-bond acceptors (Lipinski definition) is 6. The number of carbonyl (C=O) groups excluding carboxylic acids is 3. The summed E-state index contributed by atoms with van der Waals surface area (Å²) in [6.45, 7) is 20.6. The summed E-state index contributed by atoms with van der Waals surface area (Å²) in [5.74, 6) is 2.32. The lowest BCUT2D eigenvalue weighted by atomic mass is 9.94. The van der Waals surface area contributed by atoms with Crippen molar-refractivity contribution < 1.29 is 33.4 Å². The Morgan fingerprint density at radius 3 is 2.26 bits per heavy atom. The highest BCUT2D eigenvalue weighted by Gasteiger charge is 2.39. The van der Waals surface area contributed by atoms with Gasteiger partial charge in [-0.05, 0) is 81.8 Å².